The largest absolute Gasteiger partial charge is 0.289 e. The van der Waals surface area contributed by atoms with Crippen LogP contribution in [0, 0.1) is 5.92 Å². The lowest BCUT2D eigenvalue weighted by Gasteiger charge is -2.16. The summed E-state index contributed by atoms with van der Waals surface area (Å²) in [5.41, 5.74) is 2.17. The molecule has 0 aliphatic carbocycles. The maximum atomic E-state index is 11.9. The van der Waals surface area contributed by atoms with Gasteiger partial charge in [-0.3, -0.25) is 29.8 Å². The smallest absolute Gasteiger partial charge is 0.254 e. The summed E-state index contributed by atoms with van der Waals surface area (Å²) >= 11 is 0. The van der Waals surface area contributed by atoms with Gasteiger partial charge in [-0.2, -0.15) is 0 Å². The number of imide groups is 2. The Morgan fingerprint density at radius 3 is 1.79 bits per heavy atom. The first-order valence-electron chi connectivity index (χ1n) is 8.46. The molecule has 130 valence electrons. The highest BCUT2D eigenvalue weighted by atomic mass is 16.2. The zero-order chi connectivity index (χ0) is 17.9. The second kappa shape index (κ2) is 7.55. The summed E-state index contributed by atoms with van der Waals surface area (Å²) in [6.45, 7) is 5.44. The lowest BCUT2D eigenvalue weighted by molar-refractivity contribution is -0.125. The fraction of sp³-hybridized carbons (Fsp3) is 0.556. The van der Waals surface area contributed by atoms with Crippen LogP contribution in [-0.4, -0.2) is 23.6 Å². The fourth-order valence-electron chi connectivity index (χ4n) is 3.32. The molecule has 4 amide bonds. The van der Waals surface area contributed by atoms with Gasteiger partial charge in [0.05, 0.1) is 0 Å². The first kappa shape index (κ1) is 18.1. The van der Waals surface area contributed by atoms with Crippen molar-refractivity contribution in [2.24, 2.45) is 5.92 Å². The van der Waals surface area contributed by atoms with Gasteiger partial charge in [-0.05, 0) is 45.4 Å². The second-order valence-corrected chi connectivity index (χ2v) is 6.52. The lowest BCUT2D eigenvalue weighted by Crippen LogP contribution is -2.23. The molecule has 1 unspecified atom stereocenters. The highest BCUT2D eigenvalue weighted by Crippen LogP contribution is 2.28. The first-order valence-corrected chi connectivity index (χ1v) is 8.46. The standard InChI is InChI=1S/C18H24N2O4/c1-4-6-12(9-14-11(3)16(22)20-18(14)24)7-5-8-13-10(2)15(21)19-17(13)23/h12H,4-9H2,1-3H3,(H,19,21,23)(H,20,22,24). The van der Waals surface area contributed by atoms with E-state index in [-0.39, 0.29) is 29.5 Å². The molecule has 2 heterocycles. The van der Waals surface area contributed by atoms with E-state index < -0.39 is 0 Å². The number of carbonyl (C=O) groups excluding carboxylic acids is 4. The number of carbonyl (C=O) groups is 4. The molecule has 2 rings (SSSR count). The van der Waals surface area contributed by atoms with Crippen LogP contribution in [0.4, 0.5) is 0 Å². The predicted molar refractivity (Wildman–Crippen MR) is 88.6 cm³/mol. The van der Waals surface area contributed by atoms with Crippen molar-refractivity contribution in [1.29, 1.82) is 0 Å². The van der Waals surface area contributed by atoms with Crippen LogP contribution in [-0.2, 0) is 19.2 Å². The van der Waals surface area contributed by atoms with Gasteiger partial charge in [0.2, 0.25) is 0 Å². The Hall–Kier alpha value is -2.24. The summed E-state index contributed by atoms with van der Waals surface area (Å²) in [5.74, 6) is -0.881. The molecule has 0 spiro atoms. The normalized spacial score (nSPS) is 19.3. The molecule has 2 aliphatic rings. The molecule has 0 saturated heterocycles. The molecule has 24 heavy (non-hydrogen) atoms. The van der Waals surface area contributed by atoms with Crippen LogP contribution in [0.3, 0.4) is 0 Å². The molecule has 2 N–H and O–H groups in total. The summed E-state index contributed by atoms with van der Waals surface area (Å²) in [7, 11) is 0. The van der Waals surface area contributed by atoms with E-state index in [9.17, 15) is 19.2 Å². The number of amides is 4. The number of hydrogen-bond acceptors (Lipinski definition) is 4. The minimum atomic E-state index is -0.304. The third kappa shape index (κ3) is 3.80. The number of nitrogens with one attached hydrogen (secondary N) is 2. The highest BCUT2D eigenvalue weighted by molar-refractivity contribution is 6.19. The van der Waals surface area contributed by atoms with Crippen molar-refractivity contribution < 1.29 is 19.2 Å². The molecule has 0 aromatic rings. The molecule has 0 aromatic carbocycles. The zero-order valence-corrected chi connectivity index (χ0v) is 14.5. The van der Waals surface area contributed by atoms with Gasteiger partial charge in [-0.25, -0.2) is 0 Å². The van der Waals surface area contributed by atoms with E-state index >= 15 is 0 Å². The molecule has 6 heteroatoms. The molecule has 0 bridgehead atoms. The topological polar surface area (TPSA) is 92.3 Å². The average molecular weight is 332 g/mol. The summed E-state index contributed by atoms with van der Waals surface area (Å²) in [5, 5.41) is 4.64. The van der Waals surface area contributed by atoms with Gasteiger partial charge < -0.3 is 0 Å². The third-order valence-electron chi connectivity index (χ3n) is 4.82. The van der Waals surface area contributed by atoms with Crippen LogP contribution < -0.4 is 10.6 Å². The Bertz CT molecular complexity index is 658. The van der Waals surface area contributed by atoms with Crippen molar-refractivity contribution in [3.63, 3.8) is 0 Å². The Morgan fingerprint density at radius 1 is 0.792 bits per heavy atom. The van der Waals surface area contributed by atoms with Gasteiger partial charge in [-0.1, -0.05) is 19.8 Å². The van der Waals surface area contributed by atoms with E-state index in [1.165, 1.54) is 0 Å². The van der Waals surface area contributed by atoms with Crippen molar-refractivity contribution >= 4 is 23.6 Å². The van der Waals surface area contributed by atoms with E-state index in [0.717, 1.165) is 25.7 Å². The zero-order valence-electron chi connectivity index (χ0n) is 14.5. The summed E-state index contributed by atoms with van der Waals surface area (Å²) in [6, 6.07) is 0. The second-order valence-electron chi connectivity index (χ2n) is 6.52. The maximum Gasteiger partial charge on any atom is 0.254 e. The monoisotopic (exact) mass is 332 g/mol. The molecule has 2 aliphatic heterocycles. The molecule has 0 saturated carbocycles. The van der Waals surface area contributed by atoms with Crippen molar-refractivity contribution in [3.05, 3.63) is 22.3 Å². The van der Waals surface area contributed by atoms with Crippen molar-refractivity contribution in [2.45, 2.75) is 59.3 Å². The van der Waals surface area contributed by atoms with Crippen LogP contribution in [0.25, 0.3) is 0 Å². The van der Waals surface area contributed by atoms with Crippen molar-refractivity contribution in [2.75, 3.05) is 0 Å². The molecule has 6 nitrogen and oxygen atoms in total. The summed E-state index contributed by atoms with van der Waals surface area (Å²) in [4.78, 5) is 46.6. The van der Waals surface area contributed by atoms with E-state index in [4.69, 9.17) is 0 Å². The Labute approximate surface area is 141 Å². The van der Waals surface area contributed by atoms with Crippen LogP contribution in [0.1, 0.15) is 59.3 Å². The average Bonchev–Trinajstić information content (AvgIpc) is 2.90. The molecule has 0 aromatic heterocycles. The summed E-state index contributed by atoms with van der Waals surface area (Å²) in [6.07, 6.45) is 4.73. The van der Waals surface area contributed by atoms with Crippen LogP contribution in [0.2, 0.25) is 0 Å². The molecular weight excluding hydrogens is 308 g/mol. The minimum absolute atomic E-state index is 0.280. The molecule has 0 fully saturated rings. The lowest BCUT2D eigenvalue weighted by atomic mass is 9.88. The van der Waals surface area contributed by atoms with Gasteiger partial charge in [0, 0.05) is 22.3 Å². The van der Waals surface area contributed by atoms with E-state index in [1.54, 1.807) is 13.8 Å². The number of rotatable bonds is 8. The van der Waals surface area contributed by atoms with Gasteiger partial charge in [0.25, 0.3) is 23.6 Å². The first-order chi connectivity index (χ1) is 11.3. The Kier molecular flexibility index (Phi) is 5.70. The quantitative estimate of drug-likeness (QED) is 0.664. The predicted octanol–water partition coefficient (Wildman–Crippen LogP) is 1.91. The molecule has 0 radical (unpaired) electrons. The van der Waals surface area contributed by atoms with Gasteiger partial charge >= 0.3 is 0 Å². The SMILES string of the molecule is CCCC(CCCC1=C(C)C(=O)NC1=O)CC1=C(C)C(=O)NC1=O. The Morgan fingerprint density at radius 2 is 1.33 bits per heavy atom. The van der Waals surface area contributed by atoms with E-state index in [2.05, 4.69) is 17.6 Å². The minimum Gasteiger partial charge on any atom is -0.289 e. The van der Waals surface area contributed by atoms with Gasteiger partial charge in [0.15, 0.2) is 0 Å². The fourth-order valence-corrected chi connectivity index (χ4v) is 3.32. The van der Waals surface area contributed by atoms with E-state index in [1.807, 2.05) is 0 Å². The van der Waals surface area contributed by atoms with E-state index in [0.29, 0.717) is 35.1 Å². The van der Waals surface area contributed by atoms with Crippen LogP contribution >= 0.6 is 0 Å². The van der Waals surface area contributed by atoms with Crippen LogP contribution in [0.5, 0.6) is 0 Å². The van der Waals surface area contributed by atoms with Crippen LogP contribution in [0.15, 0.2) is 22.3 Å². The van der Waals surface area contributed by atoms with Crippen molar-refractivity contribution in [1.82, 2.24) is 10.6 Å². The maximum absolute atomic E-state index is 11.9. The van der Waals surface area contributed by atoms with Gasteiger partial charge in [-0.15, -0.1) is 0 Å². The molecular formula is C18H24N2O4. The summed E-state index contributed by atoms with van der Waals surface area (Å²) < 4.78 is 0. The van der Waals surface area contributed by atoms with Gasteiger partial charge in [0.1, 0.15) is 0 Å². The third-order valence-corrected chi connectivity index (χ3v) is 4.82. The van der Waals surface area contributed by atoms with Crippen molar-refractivity contribution in [3.8, 4) is 0 Å². The molecule has 1 atom stereocenters. The highest BCUT2D eigenvalue weighted by Gasteiger charge is 2.29. The number of hydrogen-bond donors (Lipinski definition) is 2. The Balaban J connectivity index is 1.95.